The maximum Gasteiger partial charge on any atom is 0.410 e. The van der Waals surface area contributed by atoms with E-state index in [0.29, 0.717) is 24.9 Å². The van der Waals surface area contributed by atoms with Crippen LogP contribution in [0.5, 0.6) is 0 Å². The van der Waals surface area contributed by atoms with Gasteiger partial charge in [-0.25, -0.2) is 4.79 Å². The molecular formula is C19H31NO2. The first-order valence-electron chi connectivity index (χ1n) is 8.15. The van der Waals surface area contributed by atoms with Crippen molar-refractivity contribution in [3.8, 4) is 0 Å². The van der Waals surface area contributed by atoms with E-state index in [2.05, 4.69) is 52.0 Å². The number of hydrogen-bond donors (Lipinski definition) is 0. The van der Waals surface area contributed by atoms with Crippen LogP contribution in [0, 0.1) is 5.92 Å². The van der Waals surface area contributed by atoms with Crippen molar-refractivity contribution in [3.63, 3.8) is 0 Å². The molecule has 3 nitrogen and oxygen atoms in total. The Hall–Kier alpha value is -1.51. The average molecular weight is 305 g/mol. The van der Waals surface area contributed by atoms with Crippen molar-refractivity contribution in [2.75, 3.05) is 6.54 Å². The minimum atomic E-state index is -0.464. The number of rotatable bonds is 5. The van der Waals surface area contributed by atoms with E-state index in [1.807, 2.05) is 20.8 Å². The molecule has 1 aromatic carbocycles. The highest BCUT2D eigenvalue weighted by Gasteiger charge is 2.22. The molecule has 124 valence electrons. The zero-order chi connectivity index (χ0) is 16.9. The molecule has 1 amide bonds. The standard InChI is InChI=1S/C19H31NO2/c1-14(2)12-20(18(21)22-19(5,6)7)13-16-8-10-17(11-9-16)15(3)4/h8-11,14-15H,12-13H2,1-7H3. The van der Waals surface area contributed by atoms with E-state index >= 15 is 0 Å². The van der Waals surface area contributed by atoms with Gasteiger partial charge in [-0.1, -0.05) is 52.0 Å². The molecule has 0 aliphatic rings. The fraction of sp³-hybridized carbons (Fsp3) is 0.632. The van der Waals surface area contributed by atoms with Crippen molar-refractivity contribution in [1.82, 2.24) is 4.90 Å². The van der Waals surface area contributed by atoms with Gasteiger partial charge in [-0.2, -0.15) is 0 Å². The first kappa shape index (κ1) is 18.5. The molecule has 0 aromatic heterocycles. The number of amides is 1. The normalized spacial score (nSPS) is 11.9. The SMILES string of the molecule is CC(C)CN(Cc1ccc(C(C)C)cc1)C(=O)OC(C)(C)C. The van der Waals surface area contributed by atoms with Crippen molar-refractivity contribution in [2.45, 2.75) is 66.5 Å². The minimum Gasteiger partial charge on any atom is -0.444 e. The van der Waals surface area contributed by atoms with Gasteiger partial charge in [-0.15, -0.1) is 0 Å². The van der Waals surface area contributed by atoms with E-state index in [1.54, 1.807) is 4.90 Å². The molecule has 3 heteroatoms. The van der Waals surface area contributed by atoms with Crippen LogP contribution in [0.2, 0.25) is 0 Å². The molecule has 0 N–H and O–H groups in total. The van der Waals surface area contributed by atoms with Crippen molar-refractivity contribution in [2.24, 2.45) is 5.92 Å². The lowest BCUT2D eigenvalue weighted by atomic mass is 10.0. The molecule has 0 heterocycles. The van der Waals surface area contributed by atoms with Gasteiger partial charge in [0.1, 0.15) is 5.60 Å². The molecule has 0 aliphatic heterocycles. The Labute approximate surface area is 135 Å². The van der Waals surface area contributed by atoms with E-state index in [9.17, 15) is 4.79 Å². The molecule has 0 unspecified atom stereocenters. The summed E-state index contributed by atoms with van der Waals surface area (Å²) in [5, 5.41) is 0. The quantitative estimate of drug-likeness (QED) is 0.748. The summed E-state index contributed by atoms with van der Waals surface area (Å²) in [6.07, 6.45) is -0.242. The van der Waals surface area contributed by atoms with E-state index in [1.165, 1.54) is 5.56 Å². The lowest BCUT2D eigenvalue weighted by Crippen LogP contribution is -2.38. The smallest absolute Gasteiger partial charge is 0.410 e. The third-order valence-electron chi connectivity index (χ3n) is 3.26. The number of carbonyl (C=O) groups is 1. The van der Waals surface area contributed by atoms with Gasteiger partial charge in [0.2, 0.25) is 0 Å². The van der Waals surface area contributed by atoms with Crippen LogP contribution >= 0.6 is 0 Å². The molecule has 0 fully saturated rings. The van der Waals surface area contributed by atoms with Crippen LogP contribution in [-0.4, -0.2) is 23.1 Å². The summed E-state index contributed by atoms with van der Waals surface area (Å²) in [4.78, 5) is 14.2. The Morgan fingerprint density at radius 1 is 1.09 bits per heavy atom. The van der Waals surface area contributed by atoms with Gasteiger partial charge in [-0.3, -0.25) is 0 Å². The van der Waals surface area contributed by atoms with E-state index in [-0.39, 0.29) is 6.09 Å². The molecule has 1 aromatic rings. The summed E-state index contributed by atoms with van der Waals surface area (Å²) in [5.74, 6) is 0.925. The molecule has 0 saturated carbocycles. The predicted molar refractivity (Wildman–Crippen MR) is 92.0 cm³/mol. The van der Waals surface area contributed by atoms with E-state index < -0.39 is 5.60 Å². The molecule has 0 spiro atoms. The Kier molecular flexibility index (Phi) is 6.46. The Balaban J connectivity index is 2.82. The molecular weight excluding hydrogens is 274 g/mol. The van der Waals surface area contributed by atoms with Gasteiger partial charge in [0.05, 0.1) is 0 Å². The van der Waals surface area contributed by atoms with Gasteiger partial charge in [-0.05, 0) is 43.7 Å². The summed E-state index contributed by atoms with van der Waals surface area (Å²) in [7, 11) is 0. The fourth-order valence-corrected chi connectivity index (χ4v) is 2.20. The maximum absolute atomic E-state index is 12.4. The van der Waals surface area contributed by atoms with Crippen LogP contribution in [-0.2, 0) is 11.3 Å². The lowest BCUT2D eigenvalue weighted by Gasteiger charge is -2.28. The monoisotopic (exact) mass is 305 g/mol. The fourth-order valence-electron chi connectivity index (χ4n) is 2.20. The number of carbonyl (C=O) groups excluding carboxylic acids is 1. The Morgan fingerprint density at radius 2 is 1.64 bits per heavy atom. The molecule has 0 bridgehead atoms. The molecule has 0 saturated heterocycles. The van der Waals surface area contributed by atoms with Gasteiger partial charge in [0.25, 0.3) is 0 Å². The Morgan fingerprint density at radius 3 is 2.05 bits per heavy atom. The predicted octanol–water partition coefficient (Wildman–Crippen LogP) is 5.20. The minimum absolute atomic E-state index is 0.242. The van der Waals surface area contributed by atoms with Crippen LogP contribution < -0.4 is 0 Å². The Bertz CT molecular complexity index is 469. The van der Waals surface area contributed by atoms with Gasteiger partial charge in [0.15, 0.2) is 0 Å². The second kappa shape index (κ2) is 7.66. The van der Waals surface area contributed by atoms with Crippen LogP contribution in [0.25, 0.3) is 0 Å². The number of benzene rings is 1. The van der Waals surface area contributed by atoms with Gasteiger partial charge < -0.3 is 9.64 Å². The van der Waals surface area contributed by atoms with Gasteiger partial charge in [0, 0.05) is 13.1 Å². The largest absolute Gasteiger partial charge is 0.444 e. The highest BCUT2D eigenvalue weighted by atomic mass is 16.6. The third-order valence-corrected chi connectivity index (χ3v) is 3.26. The van der Waals surface area contributed by atoms with Crippen LogP contribution in [0.1, 0.15) is 65.5 Å². The van der Waals surface area contributed by atoms with Crippen LogP contribution in [0.4, 0.5) is 4.79 Å². The summed E-state index contributed by atoms with van der Waals surface area (Å²) in [6, 6.07) is 8.49. The number of hydrogen-bond acceptors (Lipinski definition) is 2. The van der Waals surface area contributed by atoms with Crippen molar-refractivity contribution < 1.29 is 9.53 Å². The zero-order valence-electron chi connectivity index (χ0n) is 15.1. The maximum atomic E-state index is 12.4. The highest BCUT2D eigenvalue weighted by molar-refractivity contribution is 5.68. The third kappa shape index (κ3) is 6.50. The van der Waals surface area contributed by atoms with Crippen LogP contribution in [0.15, 0.2) is 24.3 Å². The molecule has 0 aliphatic carbocycles. The molecule has 22 heavy (non-hydrogen) atoms. The second-order valence-electron chi connectivity index (χ2n) is 7.65. The average Bonchev–Trinajstić information content (AvgIpc) is 2.36. The first-order chi connectivity index (χ1) is 10.1. The zero-order valence-corrected chi connectivity index (χ0v) is 15.1. The number of nitrogens with zero attached hydrogens (tertiary/aromatic N) is 1. The van der Waals surface area contributed by atoms with Crippen molar-refractivity contribution in [1.29, 1.82) is 0 Å². The summed E-state index contributed by atoms with van der Waals surface area (Å²) in [5.41, 5.74) is 1.99. The summed E-state index contributed by atoms with van der Waals surface area (Å²) < 4.78 is 5.52. The molecule has 0 atom stereocenters. The first-order valence-corrected chi connectivity index (χ1v) is 8.15. The van der Waals surface area contributed by atoms with Crippen molar-refractivity contribution >= 4 is 6.09 Å². The van der Waals surface area contributed by atoms with Crippen LogP contribution in [0.3, 0.4) is 0 Å². The molecule has 1 rings (SSSR count). The second-order valence-corrected chi connectivity index (χ2v) is 7.65. The summed E-state index contributed by atoms with van der Waals surface area (Å²) in [6.45, 7) is 15.6. The topological polar surface area (TPSA) is 29.5 Å². The number of ether oxygens (including phenoxy) is 1. The highest BCUT2D eigenvalue weighted by Crippen LogP contribution is 2.18. The summed E-state index contributed by atoms with van der Waals surface area (Å²) >= 11 is 0. The van der Waals surface area contributed by atoms with Gasteiger partial charge >= 0.3 is 6.09 Å². The lowest BCUT2D eigenvalue weighted by molar-refractivity contribution is 0.0211. The van der Waals surface area contributed by atoms with E-state index in [0.717, 1.165) is 5.56 Å². The molecule has 0 radical (unpaired) electrons. The van der Waals surface area contributed by atoms with Crippen molar-refractivity contribution in [3.05, 3.63) is 35.4 Å². The van der Waals surface area contributed by atoms with E-state index in [4.69, 9.17) is 4.74 Å².